The zero-order valence-corrected chi connectivity index (χ0v) is 8.29. The molecule has 0 aliphatic heterocycles. The average Bonchev–Trinajstić information content (AvgIpc) is 2.18. The molecule has 72 valence electrons. The zero-order valence-electron chi connectivity index (χ0n) is 8.29. The Morgan fingerprint density at radius 2 is 2.31 bits per heavy atom. The second-order valence-corrected chi connectivity index (χ2v) is 3.54. The van der Waals surface area contributed by atoms with Crippen molar-refractivity contribution < 1.29 is 4.79 Å². The first kappa shape index (κ1) is 10.2. The first-order valence-corrected chi connectivity index (χ1v) is 4.80. The molecule has 0 saturated heterocycles. The van der Waals surface area contributed by atoms with Gasteiger partial charge in [-0.05, 0) is 12.8 Å². The molecule has 0 spiro atoms. The van der Waals surface area contributed by atoms with Crippen LogP contribution in [0, 0.1) is 5.41 Å². The minimum absolute atomic E-state index is 0.157. The summed E-state index contributed by atoms with van der Waals surface area (Å²) in [5.74, 6) is 0. The lowest BCUT2D eigenvalue weighted by molar-refractivity contribution is -0.114. The average molecular weight is 179 g/mol. The molecule has 0 radical (unpaired) electrons. The predicted octanol–water partition coefficient (Wildman–Crippen LogP) is 1.82. The molecule has 0 fully saturated rings. The van der Waals surface area contributed by atoms with Crippen molar-refractivity contribution >= 4 is 6.29 Å². The van der Waals surface area contributed by atoms with Gasteiger partial charge in [0.2, 0.25) is 0 Å². The van der Waals surface area contributed by atoms with E-state index in [4.69, 9.17) is 5.73 Å². The molecule has 0 bridgehead atoms. The van der Waals surface area contributed by atoms with Crippen LogP contribution in [0.3, 0.4) is 0 Å². The van der Waals surface area contributed by atoms with E-state index in [1.165, 1.54) is 5.57 Å². The van der Waals surface area contributed by atoms with E-state index >= 15 is 0 Å². The molecule has 2 heteroatoms. The Morgan fingerprint density at radius 3 is 2.69 bits per heavy atom. The SMILES string of the molecule is CCC1=CC(N)C(C=O)(CC)C=C1. The quantitative estimate of drug-likeness (QED) is 0.671. The van der Waals surface area contributed by atoms with Crippen molar-refractivity contribution in [3.8, 4) is 0 Å². The molecule has 2 N–H and O–H groups in total. The lowest BCUT2D eigenvalue weighted by Gasteiger charge is -2.31. The lowest BCUT2D eigenvalue weighted by Crippen LogP contribution is -2.41. The van der Waals surface area contributed by atoms with Crippen molar-refractivity contribution in [2.75, 3.05) is 0 Å². The summed E-state index contributed by atoms with van der Waals surface area (Å²) in [6.07, 6.45) is 8.67. The highest BCUT2D eigenvalue weighted by Crippen LogP contribution is 2.30. The molecule has 2 nitrogen and oxygen atoms in total. The smallest absolute Gasteiger partial charge is 0.131 e. The molecule has 0 saturated carbocycles. The highest BCUT2D eigenvalue weighted by molar-refractivity contribution is 5.66. The Kier molecular flexibility index (Phi) is 3.04. The van der Waals surface area contributed by atoms with Gasteiger partial charge in [-0.25, -0.2) is 0 Å². The van der Waals surface area contributed by atoms with Gasteiger partial charge in [-0.15, -0.1) is 0 Å². The third kappa shape index (κ3) is 1.73. The molecule has 2 unspecified atom stereocenters. The van der Waals surface area contributed by atoms with E-state index in [0.29, 0.717) is 0 Å². The lowest BCUT2D eigenvalue weighted by atomic mass is 9.75. The summed E-state index contributed by atoms with van der Waals surface area (Å²) >= 11 is 0. The van der Waals surface area contributed by atoms with E-state index in [0.717, 1.165) is 19.1 Å². The van der Waals surface area contributed by atoms with Crippen molar-refractivity contribution in [3.05, 3.63) is 23.8 Å². The molecular weight excluding hydrogens is 162 g/mol. The fraction of sp³-hybridized carbons (Fsp3) is 0.545. The van der Waals surface area contributed by atoms with E-state index < -0.39 is 5.41 Å². The van der Waals surface area contributed by atoms with Crippen molar-refractivity contribution in [2.24, 2.45) is 11.1 Å². The summed E-state index contributed by atoms with van der Waals surface area (Å²) in [6.45, 7) is 4.08. The maximum Gasteiger partial charge on any atom is 0.131 e. The number of carbonyl (C=O) groups is 1. The predicted molar refractivity (Wildman–Crippen MR) is 54.3 cm³/mol. The Labute approximate surface area is 79.5 Å². The minimum Gasteiger partial charge on any atom is -0.323 e. The van der Waals surface area contributed by atoms with Gasteiger partial charge < -0.3 is 10.5 Å². The van der Waals surface area contributed by atoms with Gasteiger partial charge in [-0.2, -0.15) is 0 Å². The van der Waals surface area contributed by atoms with E-state index in [1.54, 1.807) is 0 Å². The van der Waals surface area contributed by atoms with Gasteiger partial charge in [0.05, 0.1) is 5.41 Å². The fourth-order valence-corrected chi connectivity index (χ4v) is 1.61. The molecule has 2 atom stereocenters. The number of allylic oxidation sites excluding steroid dienone is 2. The first-order chi connectivity index (χ1) is 6.18. The van der Waals surface area contributed by atoms with Crippen LogP contribution in [0.1, 0.15) is 26.7 Å². The summed E-state index contributed by atoms with van der Waals surface area (Å²) in [5, 5.41) is 0. The largest absolute Gasteiger partial charge is 0.323 e. The number of carbonyl (C=O) groups excluding carboxylic acids is 1. The third-order valence-corrected chi connectivity index (χ3v) is 2.86. The topological polar surface area (TPSA) is 43.1 Å². The van der Waals surface area contributed by atoms with Crippen LogP contribution in [-0.4, -0.2) is 12.3 Å². The normalized spacial score (nSPS) is 32.8. The van der Waals surface area contributed by atoms with E-state index in [-0.39, 0.29) is 6.04 Å². The first-order valence-electron chi connectivity index (χ1n) is 4.80. The molecule has 1 aliphatic carbocycles. The second-order valence-electron chi connectivity index (χ2n) is 3.54. The van der Waals surface area contributed by atoms with E-state index in [1.807, 2.05) is 25.2 Å². The van der Waals surface area contributed by atoms with Gasteiger partial charge in [0, 0.05) is 6.04 Å². The van der Waals surface area contributed by atoms with Gasteiger partial charge in [0.1, 0.15) is 6.29 Å². The summed E-state index contributed by atoms with van der Waals surface area (Å²) in [4.78, 5) is 11.0. The fourth-order valence-electron chi connectivity index (χ4n) is 1.61. The van der Waals surface area contributed by atoms with Crippen LogP contribution >= 0.6 is 0 Å². The third-order valence-electron chi connectivity index (χ3n) is 2.86. The molecule has 1 rings (SSSR count). The van der Waals surface area contributed by atoms with Crippen LogP contribution in [0.5, 0.6) is 0 Å². The summed E-state index contributed by atoms with van der Waals surface area (Å²) in [7, 11) is 0. The molecular formula is C11H17NO. The molecule has 0 aromatic rings. The van der Waals surface area contributed by atoms with Crippen LogP contribution in [0.4, 0.5) is 0 Å². The van der Waals surface area contributed by atoms with Crippen LogP contribution in [0.2, 0.25) is 0 Å². The Hall–Kier alpha value is -0.890. The Balaban J connectivity index is 2.92. The van der Waals surface area contributed by atoms with Crippen molar-refractivity contribution in [1.82, 2.24) is 0 Å². The molecule has 1 aliphatic rings. The van der Waals surface area contributed by atoms with E-state index in [9.17, 15) is 4.79 Å². The molecule has 0 aromatic carbocycles. The highest BCUT2D eigenvalue weighted by atomic mass is 16.1. The number of aldehydes is 1. The minimum atomic E-state index is -0.460. The van der Waals surface area contributed by atoms with Crippen LogP contribution in [0.15, 0.2) is 23.8 Å². The van der Waals surface area contributed by atoms with Gasteiger partial charge in [-0.1, -0.05) is 37.6 Å². The molecule has 0 heterocycles. The Morgan fingerprint density at radius 1 is 1.62 bits per heavy atom. The van der Waals surface area contributed by atoms with Gasteiger partial charge in [-0.3, -0.25) is 0 Å². The standard InChI is InChI=1S/C11H17NO/c1-3-9-5-6-11(4-2,8-13)10(12)7-9/h5-8,10H,3-4,12H2,1-2H3. The Bertz CT molecular complexity index is 255. The van der Waals surface area contributed by atoms with Gasteiger partial charge in [0.25, 0.3) is 0 Å². The number of hydrogen-bond acceptors (Lipinski definition) is 2. The number of nitrogens with two attached hydrogens (primary N) is 1. The van der Waals surface area contributed by atoms with E-state index in [2.05, 4.69) is 6.92 Å². The summed E-state index contributed by atoms with van der Waals surface area (Å²) in [5.41, 5.74) is 6.70. The maximum absolute atomic E-state index is 11.0. The molecule has 0 aromatic heterocycles. The van der Waals surface area contributed by atoms with Crippen LogP contribution in [-0.2, 0) is 4.79 Å². The van der Waals surface area contributed by atoms with Crippen LogP contribution < -0.4 is 5.73 Å². The second kappa shape index (κ2) is 3.88. The summed E-state index contributed by atoms with van der Waals surface area (Å²) < 4.78 is 0. The highest BCUT2D eigenvalue weighted by Gasteiger charge is 2.32. The van der Waals surface area contributed by atoms with Crippen LogP contribution in [0.25, 0.3) is 0 Å². The van der Waals surface area contributed by atoms with Gasteiger partial charge >= 0.3 is 0 Å². The number of hydrogen-bond donors (Lipinski definition) is 1. The van der Waals surface area contributed by atoms with Gasteiger partial charge in [0.15, 0.2) is 0 Å². The molecule has 13 heavy (non-hydrogen) atoms. The summed E-state index contributed by atoms with van der Waals surface area (Å²) in [6, 6.07) is -0.157. The maximum atomic E-state index is 11.0. The van der Waals surface area contributed by atoms with Crippen molar-refractivity contribution in [1.29, 1.82) is 0 Å². The monoisotopic (exact) mass is 179 g/mol. The van der Waals surface area contributed by atoms with Crippen molar-refractivity contribution in [3.63, 3.8) is 0 Å². The number of rotatable bonds is 3. The zero-order chi connectivity index (χ0) is 9.90. The van der Waals surface area contributed by atoms with Crippen molar-refractivity contribution in [2.45, 2.75) is 32.7 Å². The molecule has 0 amide bonds.